The monoisotopic (exact) mass is 363 g/mol. The van der Waals surface area contributed by atoms with Gasteiger partial charge in [0.05, 0.1) is 5.39 Å². The molecular weight excluding hydrogens is 354 g/mol. The van der Waals surface area contributed by atoms with Crippen LogP contribution in [0.1, 0.15) is 5.82 Å². The summed E-state index contributed by atoms with van der Waals surface area (Å²) in [6, 6.07) is 5.15. The van der Waals surface area contributed by atoms with Crippen LogP contribution in [0.15, 0.2) is 45.9 Å². The molecule has 3 heterocycles. The van der Waals surface area contributed by atoms with Crippen LogP contribution in [0.25, 0.3) is 33.3 Å². The molecule has 5 nitrogen and oxygen atoms in total. The van der Waals surface area contributed by atoms with Gasteiger partial charge in [-0.15, -0.1) is 0 Å². The standard InChI is InChI=1S/C17H9F4N3O2/c1-24-14-13(23-16(24)17(19,20)21)10(18)6-9-11(25)7-12(26-15(9)14)8-2-4-22-5-3-8/h2-7H,1H3. The fourth-order valence-electron chi connectivity index (χ4n) is 2.85. The molecule has 0 radical (unpaired) electrons. The molecule has 3 aromatic heterocycles. The van der Waals surface area contributed by atoms with E-state index in [1.54, 1.807) is 12.1 Å². The third-order valence-electron chi connectivity index (χ3n) is 4.01. The number of rotatable bonds is 1. The average molecular weight is 363 g/mol. The van der Waals surface area contributed by atoms with E-state index in [1.165, 1.54) is 12.4 Å². The summed E-state index contributed by atoms with van der Waals surface area (Å²) in [6.07, 6.45) is -1.83. The lowest BCUT2D eigenvalue weighted by molar-refractivity contribution is -0.146. The van der Waals surface area contributed by atoms with Crippen molar-refractivity contribution in [1.29, 1.82) is 0 Å². The molecule has 0 N–H and O–H groups in total. The van der Waals surface area contributed by atoms with Gasteiger partial charge in [0.25, 0.3) is 0 Å². The van der Waals surface area contributed by atoms with Crippen molar-refractivity contribution in [3.8, 4) is 11.3 Å². The molecule has 0 unspecified atom stereocenters. The number of nitrogens with zero attached hydrogens (tertiary/aromatic N) is 3. The van der Waals surface area contributed by atoms with Crippen molar-refractivity contribution in [3.63, 3.8) is 0 Å². The normalized spacial score (nSPS) is 12.2. The maximum Gasteiger partial charge on any atom is 0.449 e. The Bertz CT molecular complexity index is 1210. The SMILES string of the molecule is Cn1c(C(F)(F)F)nc2c(F)cc3c(=O)cc(-c4ccncc4)oc3c21. The van der Waals surface area contributed by atoms with Crippen LogP contribution >= 0.6 is 0 Å². The molecule has 4 rings (SSSR count). The van der Waals surface area contributed by atoms with E-state index in [1.807, 2.05) is 0 Å². The Labute approximate surface area is 142 Å². The van der Waals surface area contributed by atoms with Gasteiger partial charge in [-0.3, -0.25) is 9.78 Å². The Kier molecular flexibility index (Phi) is 3.36. The highest BCUT2D eigenvalue weighted by molar-refractivity contribution is 6.01. The Morgan fingerprint density at radius 1 is 1.15 bits per heavy atom. The first-order valence-corrected chi connectivity index (χ1v) is 7.38. The van der Waals surface area contributed by atoms with Gasteiger partial charge in [0, 0.05) is 31.1 Å². The predicted molar refractivity (Wildman–Crippen MR) is 84.9 cm³/mol. The fraction of sp³-hybridized carbons (Fsp3) is 0.118. The molecular formula is C17H9F4N3O2. The van der Waals surface area contributed by atoms with E-state index in [0.717, 1.165) is 19.2 Å². The molecule has 1 aromatic carbocycles. The van der Waals surface area contributed by atoms with Gasteiger partial charge >= 0.3 is 6.18 Å². The summed E-state index contributed by atoms with van der Waals surface area (Å²) in [6.45, 7) is 0. The van der Waals surface area contributed by atoms with Crippen LogP contribution in [-0.2, 0) is 13.2 Å². The Morgan fingerprint density at radius 3 is 2.50 bits per heavy atom. The topological polar surface area (TPSA) is 60.9 Å². The summed E-state index contributed by atoms with van der Waals surface area (Å²) in [5, 5.41) is -0.162. The molecule has 0 aliphatic rings. The second kappa shape index (κ2) is 5.38. The summed E-state index contributed by atoms with van der Waals surface area (Å²) < 4.78 is 60.0. The first-order valence-electron chi connectivity index (χ1n) is 7.38. The molecule has 0 spiro atoms. The molecule has 0 aliphatic carbocycles. The molecule has 132 valence electrons. The number of imidazole rings is 1. The van der Waals surface area contributed by atoms with Crippen molar-refractivity contribution in [2.45, 2.75) is 6.18 Å². The maximum absolute atomic E-state index is 14.3. The molecule has 26 heavy (non-hydrogen) atoms. The molecule has 0 aliphatic heterocycles. The number of aromatic nitrogens is 3. The van der Waals surface area contributed by atoms with Crippen molar-refractivity contribution in [1.82, 2.24) is 14.5 Å². The third kappa shape index (κ3) is 2.35. The summed E-state index contributed by atoms with van der Waals surface area (Å²) in [7, 11) is 1.09. The van der Waals surface area contributed by atoms with Gasteiger partial charge in [0.2, 0.25) is 5.82 Å². The molecule has 0 amide bonds. The van der Waals surface area contributed by atoms with Crippen LogP contribution in [0.2, 0.25) is 0 Å². The highest BCUT2D eigenvalue weighted by atomic mass is 19.4. The van der Waals surface area contributed by atoms with E-state index in [-0.39, 0.29) is 22.2 Å². The molecule has 9 heteroatoms. The number of halogens is 4. The van der Waals surface area contributed by atoms with Gasteiger partial charge in [0.1, 0.15) is 16.8 Å². The molecule has 0 saturated carbocycles. The van der Waals surface area contributed by atoms with Gasteiger partial charge in [-0.05, 0) is 18.2 Å². The Morgan fingerprint density at radius 2 is 1.85 bits per heavy atom. The fourth-order valence-corrected chi connectivity index (χ4v) is 2.85. The Balaban J connectivity index is 2.16. The predicted octanol–water partition coefficient (Wildman–Crippen LogP) is 3.90. The summed E-state index contributed by atoms with van der Waals surface area (Å²) >= 11 is 0. The zero-order valence-electron chi connectivity index (χ0n) is 13.1. The highest BCUT2D eigenvalue weighted by Gasteiger charge is 2.38. The van der Waals surface area contributed by atoms with E-state index < -0.39 is 28.8 Å². The Hall–Kier alpha value is -3.23. The van der Waals surface area contributed by atoms with Crippen molar-refractivity contribution in [2.24, 2.45) is 7.05 Å². The highest BCUT2D eigenvalue weighted by Crippen LogP contribution is 2.35. The lowest BCUT2D eigenvalue weighted by atomic mass is 10.1. The second-order valence-corrected chi connectivity index (χ2v) is 5.64. The summed E-state index contributed by atoms with van der Waals surface area (Å²) in [5.41, 5.74) is -0.975. The van der Waals surface area contributed by atoms with Crippen LogP contribution in [-0.4, -0.2) is 14.5 Å². The number of aryl methyl sites for hydroxylation is 1. The lowest BCUT2D eigenvalue weighted by Gasteiger charge is -2.07. The van der Waals surface area contributed by atoms with Crippen LogP contribution in [0, 0.1) is 5.82 Å². The van der Waals surface area contributed by atoms with E-state index in [2.05, 4.69) is 9.97 Å². The molecule has 0 bridgehead atoms. The average Bonchev–Trinajstić information content (AvgIpc) is 2.95. The van der Waals surface area contributed by atoms with Crippen LogP contribution < -0.4 is 5.43 Å². The smallest absolute Gasteiger partial charge is 0.449 e. The molecule has 0 fully saturated rings. The van der Waals surface area contributed by atoms with Gasteiger partial charge in [-0.25, -0.2) is 9.37 Å². The van der Waals surface area contributed by atoms with E-state index in [9.17, 15) is 22.4 Å². The van der Waals surface area contributed by atoms with Gasteiger partial charge in [-0.2, -0.15) is 13.2 Å². The number of benzene rings is 1. The summed E-state index contributed by atoms with van der Waals surface area (Å²) in [4.78, 5) is 19.6. The minimum atomic E-state index is -4.78. The van der Waals surface area contributed by atoms with Gasteiger partial charge < -0.3 is 8.98 Å². The first kappa shape index (κ1) is 16.2. The zero-order valence-corrected chi connectivity index (χ0v) is 13.1. The number of alkyl halides is 3. The van der Waals surface area contributed by atoms with Crippen molar-refractivity contribution in [3.05, 3.63) is 58.5 Å². The lowest BCUT2D eigenvalue weighted by Crippen LogP contribution is -2.12. The number of pyridine rings is 1. The molecule has 0 atom stereocenters. The first-order chi connectivity index (χ1) is 12.3. The zero-order chi connectivity index (χ0) is 18.6. The molecule has 0 saturated heterocycles. The number of hydrogen-bond donors (Lipinski definition) is 0. The number of hydrogen-bond acceptors (Lipinski definition) is 4. The third-order valence-corrected chi connectivity index (χ3v) is 4.01. The maximum atomic E-state index is 14.3. The van der Waals surface area contributed by atoms with Gasteiger partial charge in [-0.1, -0.05) is 0 Å². The summed E-state index contributed by atoms with van der Waals surface area (Å²) in [5.74, 6) is -2.18. The minimum Gasteiger partial charge on any atom is -0.454 e. The second-order valence-electron chi connectivity index (χ2n) is 5.64. The van der Waals surface area contributed by atoms with Crippen LogP contribution in [0.5, 0.6) is 0 Å². The van der Waals surface area contributed by atoms with Crippen LogP contribution in [0.3, 0.4) is 0 Å². The quantitative estimate of drug-likeness (QED) is 0.481. The van der Waals surface area contributed by atoms with E-state index in [4.69, 9.17) is 4.42 Å². The minimum absolute atomic E-state index is 0.132. The largest absolute Gasteiger partial charge is 0.454 e. The van der Waals surface area contributed by atoms with Gasteiger partial charge in [0.15, 0.2) is 16.8 Å². The van der Waals surface area contributed by atoms with Crippen molar-refractivity contribution >= 4 is 22.0 Å². The number of fused-ring (bicyclic) bond motifs is 3. The van der Waals surface area contributed by atoms with Crippen LogP contribution in [0.4, 0.5) is 17.6 Å². The van der Waals surface area contributed by atoms with Crippen molar-refractivity contribution in [2.75, 3.05) is 0 Å². The van der Waals surface area contributed by atoms with E-state index >= 15 is 0 Å². The molecule has 4 aromatic rings. The van der Waals surface area contributed by atoms with Crippen molar-refractivity contribution < 1.29 is 22.0 Å². The van der Waals surface area contributed by atoms with E-state index in [0.29, 0.717) is 10.1 Å².